The van der Waals surface area contributed by atoms with Gasteiger partial charge in [0.05, 0.1) is 6.54 Å². The molecule has 0 saturated carbocycles. The largest absolute Gasteiger partial charge is 0.348 e. The van der Waals surface area contributed by atoms with E-state index in [0.29, 0.717) is 13.1 Å². The van der Waals surface area contributed by atoms with Gasteiger partial charge < -0.3 is 10.6 Å². The van der Waals surface area contributed by atoms with Crippen LogP contribution in [0.1, 0.15) is 5.56 Å². The Morgan fingerprint density at radius 2 is 2.00 bits per heavy atom. The molecular weight excluding hydrogens is 204 g/mol. The summed E-state index contributed by atoms with van der Waals surface area (Å²) < 4.78 is 0. The fourth-order valence-corrected chi connectivity index (χ4v) is 1.73. The van der Waals surface area contributed by atoms with Crippen LogP contribution in [-0.2, 0) is 16.1 Å². The average Bonchev–Trinajstić information content (AvgIpc) is 2.62. The second-order valence-electron chi connectivity index (χ2n) is 3.85. The van der Waals surface area contributed by atoms with Crippen molar-refractivity contribution in [3.05, 3.63) is 35.9 Å². The number of nitrogens with one attached hydrogen (secondary N) is 2. The molecule has 0 spiro atoms. The van der Waals surface area contributed by atoms with E-state index in [1.807, 2.05) is 30.3 Å². The SMILES string of the molecule is O=C1CNC(=O)C1CNCc1ccccc1. The number of carbonyl (C=O) groups is 2. The summed E-state index contributed by atoms with van der Waals surface area (Å²) >= 11 is 0. The van der Waals surface area contributed by atoms with Crippen molar-refractivity contribution in [1.29, 1.82) is 0 Å². The zero-order valence-electron chi connectivity index (χ0n) is 8.90. The minimum atomic E-state index is -0.510. The molecule has 2 rings (SSSR count). The molecule has 0 aromatic heterocycles. The average molecular weight is 218 g/mol. The molecule has 1 atom stereocenters. The van der Waals surface area contributed by atoms with Gasteiger partial charge >= 0.3 is 0 Å². The van der Waals surface area contributed by atoms with Gasteiger partial charge in [-0.1, -0.05) is 30.3 Å². The van der Waals surface area contributed by atoms with Gasteiger partial charge in [-0.25, -0.2) is 0 Å². The summed E-state index contributed by atoms with van der Waals surface area (Å²) in [6, 6.07) is 9.89. The lowest BCUT2D eigenvalue weighted by molar-refractivity contribution is -0.127. The van der Waals surface area contributed by atoms with Gasteiger partial charge in [0.1, 0.15) is 5.92 Å². The monoisotopic (exact) mass is 218 g/mol. The van der Waals surface area contributed by atoms with Gasteiger partial charge in [0, 0.05) is 13.1 Å². The molecule has 1 unspecified atom stereocenters. The number of amides is 1. The van der Waals surface area contributed by atoms with Gasteiger partial charge in [0.25, 0.3) is 0 Å². The van der Waals surface area contributed by atoms with Crippen molar-refractivity contribution in [3.8, 4) is 0 Å². The van der Waals surface area contributed by atoms with E-state index in [-0.39, 0.29) is 18.2 Å². The van der Waals surface area contributed by atoms with Crippen LogP contribution in [0.5, 0.6) is 0 Å². The van der Waals surface area contributed by atoms with E-state index in [2.05, 4.69) is 10.6 Å². The molecule has 4 nitrogen and oxygen atoms in total. The molecule has 0 radical (unpaired) electrons. The van der Waals surface area contributed by atoms with Crippen LogP contribution in [-0.4, -0.2) is 24.8 Å². The van der Waals surface area contributed by atoms with Gasteiger partial charge in [-0.2, -0.15) is 0 Å². The third kappa shape index (κ3) is 2.46. The molecule has 4 heteroatoms. The summed E-state index contributed by atoms with van der Waals surface area (Å²) in [4.78, 5) is 22.6. The van der Waals surface area contributed by atoms with Crippen LogP contribution in [0.4, 0.5) is 0 Å². The Kier molecular flexibility index (Phi) is 3.31. The van der Waals surface area contributed by atoms with Gasteiger partial charge in [-0.3, -0.25) is 9.59 Å². The Morgan fingerprint density at radius 1 is 1.25 bits per heavy atom. The Bertz CT molecular complexity index is 373. The molecule has 0 aliphatic carbocycles. The van der Waals surface area contributed by atoms with Crippen molar-refractivity contribution in [2.75, 3.05) is 13.1 Å². The minimum Gasteiger partial charge on any atom is -0.348 e. The van der Waals surface area contributed by atoms with Crippen molar-refractivity contribution in [2.45, 2.75) is 6.54 Å². The van der Waals surface area contributed by atoms with Crippen LogP contribution < -0.4 is 10.6 Å². The summed E-state index contributed by atoms with van der Waals surface area (Å²) in [5.41, 5.74) is 1.15. The van der Waals surface area contributed by atoms with Crippen LogP contribution in [0.3, 0.4) is 0 Å². The maximum absolute atomic E-state index is 11.3. The molecule has 0 bridgehead atoms. The Hall–Kier alpha value is -1.68. The molecule has 1 aromatic rings. The molecular formula is C12H14N2O2. The van der Waals surface area contributed by atoms with Crippen LogP contribution in [0.15, 0.2) is 30.3 Å². The van der Waals surface area contributed by atoms with Crippen molar-refractivity contribution < 1.29 is 9.59 Å². The number of hydrogen-bond donors (Lipinski definition) is 2. The second kappa shape index (κ2) is 4.90. The topological polar surface area (TPSA) is 58.2 Å². The summed E-state index contributed by atoms with van der Waals surface area (Å²) in [5.74, 6) is -0.695. The number of benzene rings is 1. The Morgan fingerprint density at radius 3 is 2.62 bits per heavy atom. The zero-order chi connectivity index (χ0) is 11.4. The van der Waals surface area contributed by atoms with Crippen LogP contribution >= 0.6 is 0 Å². The number of rotatable bonds is 4. The minimum absolute atomic E-state index is 0.0226. The van der Waals surface area contributed by atoms with Crippen molar-refractivity contribution in [2.24, 2.45) is 5.92 Å². The van der Waals surface area contributed by atoms with E-state index in [1.54, 1.807) is 0 Å². The van der Waals surface area contributed by atoms with Gasteiger partial charge in [-0.05, 0) is 5.56 Å². The van der Waals surface area contributed by atoms with Gasteiger partial charge in [0.2, 0.25) is 5.91 Å². The maximum Gasteiger partial charge on any atom is 0.232 e. The number of Topliss-reactive ketones (excluding diaryl/α,β-unsaturated/α-hetero) is 1. The fourth-order valence-electron chi connectivity index (χ4n) is 1.73. The molecule has 2 N–H and O–H groups in total. The van der Waals surface area contributed by atoms with Crippen molar-refractivity contribution in [1.82, 2.24) is 10.6 Å². The Balaban J connectivity index is 1.80. The first-order valence-electron chi connectivity index (χ1n) is 5.32. The highest BCUT2D eigenvalue weighted by Gasteiger charge is 2.31. The molecule has 1 fully saturated rings. The maximum atomic E-state index is 11.3. The smallest absolute Gasteiger partial charge is 0.232 e. The third-order valence-electron chi connectivity index (χ3n) is 2.66. The first-order valence-corrected chi connectivity index (χ1v) is 5.32. The van der Waals surface area contributed by atoms with E-state index in [4.69, 9.17) is 0 Å². The van der Waals surface area contributed by atoms with Crippen molar-refractivity contribution in [3.63, 3.8) is 0 Å². The van der Waals surface area contributed by atoms with Gasteiger partial charge in [-0.15, -0.1) is 0 Å². The quantitative estimate of drug-likeness (QED) is 0.704. The lowest BCUT2D eigenvalue weighted by Gasteiger charge is -2.07. The van der Waals surface area contributed by atoms with Crippen LogP contribution in [0, 0.1) is 5.92 Å². The number of ketones is 1. The summed E-state index contributed by atoms with van der Waals surface area (Å²) in [6.07, 6.45) is 0. The summed E-state index contributed by atoms with van der Waals surface area (Å²) in [6.45, 7) is 1.27. The van der Waals surface area contributed by atoms with Crippen LogP contribution in [0.2, 0.25) is 0 Å². The molecule has 1 aliphatic rings. The first-order chi connectivity index (χ1) is 7.77. The normalized spacial score (nSPS) is 19.9. The highest BCUT2D eigenvalue weighted by Crippen LogP contribution is 2.04. The highest BCUT2D eigenvalue weighted by molar-refractivity contribution is 6.08. The van der Waals surface area contributed by atoms with Crippen molar-refractivity contribution >= 4 is 11.7 Å². The fraction of sp³-hybridized carbons (Fsp3) is 0.333. The second-order valence-corrected chi connectivity index (χ2v) is 3.85. The molecule has 1 amide bonds. The van der Waals surface area contributed by atoms with E-state index in [0.717, 1.165) is 5.56 Å². The van der Waals surface area contributed by atoms with E-state index >= 15 is 0 Å². The standard InChI is InChI=1S/C12H14N2O2/c15-11-8-14-12(16)10(11)7-13-6-9-4-2-1-3-5-9/h1-5,10,13H,6-8H2,(H,14,16). The molecule has 1 saturated heterocycles. The zero-order valence-corrected chi connectivity index (χ0v) is 8.90. The molecule has 1 heterocycles. The van der Waals surface area contributed by atoms with E-state index < -0.39 is 5.92 Å². The van der Waals surface area contributed by atoms with Gasteiger partial charge in [0.15, 0.2) is 5.78 Å². The van der Waals surface area contributed by atoms with E-state index in [1.165, 1.54) is 0 Å². The highest BCUT2D eigenvalue weighted by atomic mass is 16.2. The number of carbonyl (C=O) groups excluding carboxylic acids is 2. The lowest BCUT2D eigenvalue weighted by Crippen LogP contribution is -2.31. The lowest BCUT2D eigenvalue weighted by atomic mass is 10.1. The summed E-state index contributed by atoms with van der Waals surface area (Å²) in [7, 11) is 0. The Labute approximate surface area is 94.0 Å². The predicted octanol–water partition coefficient (Wildman–Crippen LogP) is 0.0913. The van der Waals surface area contributed by atoms with Crippen LogP contribution in [0.25, 0.3) is 0 Å². The first kappa shape index (κ1) is 10.8. The predicted molar refractivity (Wildman–Crippen MR) is 59.7 cm³/mol. The third-order valence-corrected chi connectivity index (χ3v) is 2.66. The molecule has 84 valence electrons. The molecule has 1 aromatic carbocycles. The number of hydrogen-bond acceptors (Lipinski definition) is 3. The molecule has 16 heavy (non-hydrogen) atoms. The van der Waals surface area contributed by atoms with E-state index in [9.17, 15) is 9.59 Å². The summed E-state index contributed by atoms with van der Waals surface area (Å²) in [5, 5.41) is 5.66. The molecule has 1 aliphatic heterocycles.